The Morgan fingerprint density at radius 1 is 0.528 bits per heavy atom. The van der Waals surface area contributed by atoms with Gasteiger partial charge in [0.1, 0.15) is 24.0 Å². The zero-order chi connectivity index (χ0) is 35.8. The number of aromatic nitrogens is 3. The Hall–Kier alpha value is -6.53. The molecule has 9 aromatic rings. The summed E-state index contributed by atoms with van der Waals surface area (Å²) < 4.78 is 11.3. The van der Waals surface area contributed by atoms with Gasteiger partial charge >= 0.3 is 0 Å². The lowest BCUT2D eigenvalue weighted by molar-refractivity contribution is 0.483. The van der Waals surface area contributed by atoms with Crippen molar-refractivity contribution < 1.29 is 4.74 Å². The fourth-order valence-corrected chi connectivity index (χ4v) is 8.08. The van der Waals surface area contributed by atoms with Gasteiger partial charge in [0.05, 0.1) is 27.9 Å². The van der Waals surface area contributed by atoms with Crippen LogP contribution in [0.25, 0.3) is 49.4 Å². The lowest BCUT2D eigenvalue weighted by Gasteiger charge is -2.22. The van der Waals surface area contributed by atoms with Crippen LogP contribution >= 0.6 is 0 Å². The van der Waals surface area contributed by atoms with Gasteiger partial charge in [0.2, 0.25) is 0 Å². The minimum atomic E-state index is 0.00457. The average molecular weight is 690 g/mol. The van der Waals surface area contributed by atoms with Crippen molar-refractivity contribution in [3.05, 3.63) is 157 Å². The number of fused-ring (bicyclic) bond motifs is 7. The highest BCUT2D eigenvalue weighted by atomic mass is 16.5. The van der Waals surface area contributed by atoms with Crippen LogP contribution in [0.3, 0.4) is 0 Å². The number of ether oxygens (including phenoxy) is 1. The highest BCUT2D eigenvalue weighted by Gasteiger charge is 2.30. The van der Waals surface area contributed by atoms with E-state index >= 15 is 0 Å². The maximum atomic E-state index is 6.70. The number of anilines is 4. The summed E-state index contributed by atoms with van der Waals surface area (Å²) in [6, 6.07) is 51.7. The number of nitrogens with zero attached hydrogens (tertiary/aromatic N) is 5. The predicted octanol–water partition coefficient (Wildman–Crippen LogP) is 12.2. The molecule has 6 aromatic carbocycles. The molecule has 0 N–H and O–H groups in total. The van der Waals surface area contributed by atoms with Crippen molar-refractivity contribution in [1.82, 2.24) is 14.1 Å². The van der Waals surface area contributed by atoms with Gasteiger partial charge in [0.15, 0.2) is 0 Å². The number of hydrogen-bond acceptors (Lipinski definition) is 4. The number of aryl methyl sites for hydroxylation is 1. The minimum absolute atomic E-state index is 0.00457. The molecule has 0 atom stereocenters. The zero-order valence-electron chi connectivity index (χ0n) is 30.3. The van der Waals surface area contributed by atoms with Gasteiger partial charge in [-0.1, -0.05) is 81.4 Å². The Balaban J connectivity index is 1.06. The molecule has 0 spiro atoms. The Bertz CT molecular complexity index is 2860. The lowest BCUT2D eigenvalue weighted by atomic mass is 9.88. The van der Waals surface area contributed by atoms with Crippen molar-refractivity contribution in [2.45, 2.75) is 26.2 Å². The van der Waals surface area contributed by atoms with Crippen LogP contribution in [-0.2, 0) is 12.5 Å². The van der Waals surface area contributed by atoms with Gasteiger partial charge in [-0.25, -0.2) is 4.98 Å². The summed E-state index contributed by atoms with van der Waals surface area (Å²) in [4.78, 5) is 9.65. The van der Waals surface area contributed by atoms with Crippen molar-refractivity contribution in [2.24, 2.45) is 7.05 Å². The van der Waals surface area contributed by atoms with Crippen LogP contribution in [0.15, 0.2) is 152 Å². The summed E-state index contributed by atoms with van der Waals surface area (Å²) >= 11 is 0. The topological polar surface area (TPSA) is 38.5 Å². The summed E-state index contributed by atoms with van der Waals surface area (Å²) in [6.45, 7) is 7.40. The quantitative estimate of drug-likeness (QED) is 0.180. The molecule has 53 heavy (non-hydrogen) atoms. The van der Waals surface area contributed by atoms with E-state index in [0.717, 1.165) is 39.7 Å². The first-order chi connectivity index (χ1) is 25.8. The first kappa shape index (κ1) is 31.2. The minimum Gasteiger partial charge on any atom is -0.457 e. The van der Waals surface area contributed by atoms with Crippen molar-refractivity contribution in [2.75, 3.05) is 16.5 Å². The first-order valence-electron chi connectivity index (χ1n) is 18.2. The molecule has 0 unspecified atom stereocenters. The van der Waals surface area contributed by atoms with Gasteiger partial charge < -0.3 is 19.1 Å². The SMILES string of the molecule is Cn1c2ccccc2c2cc3c(cc21)N(c1ccccc1)CN3c1cccc(Oc2ccc3c4ccccc4n(-c4cc(C(C)(C)C)ccn4)c3c2)c1. The monoisotopic (exact) mass is 689 g/mol. The van der Waals surface area contributed by atoms with E-state index in [1.165, 1.54) is 49.5 Å². The molecule has 0 amide bonds. The Kier molecular flexibility index (Phi) is 6.92. The van der Waals surface area contributed by atoms with Crippen LogP contribution in [0, 0.1) is 0 Å². The Morgan fingerprint density at radius 2 is 1.19 bits per heavy atom. The standard InChI is InChI=1S/C47H39N5O/c1-47(2,3)31-23-24-48-46(25-31)52-41-20-11-9-17-36(41)38-22-21-35(27-43(38)52)53-34-16-12-15-33(26-34)51-30-50(32-13-6-5-7-14-32)45-29-42-39(28-44(45)51)37-18-8-10-19-40(37)49(42)4/h5-29H,30H2,1-4H3. The molecule has 0 fully saturated rings. The van der Waals surface area contributed by atoms with Gasteiger partial charge in [-0.15, -0.1) is 0 Å². The van der Waals surface area contributed by atoms with Gasteiger partial charge in [0.25, 0.3) is 0 Å². The highest BCUT2D eigenvalue weighted by molar-refractivity contribution is 6.12. The molecule has 6 nitrogen and oxygen atoms in total. The Labute approximate surface area is 308 Å². The first-order valence-corrected chi connectivity index (χ1v) is 18.2. The van der Waals surface area contributed by atoms with Crippen molar-refractivity contribution in [3.63, 3.8) is 0 Å². The van der Waals surface area contributed by atoms with Crippen molar-refractivity contribution in [1.29, 1.82) is 0 Å². The van der Waals surface area contributed by atoms with E-state index in [0.29, 0.717) is 6.67 Å². The molecule has 0 saturated heterocycles. The maximum absolute atomic E-state index is 6.70. The molecular weight excluding hydrogens is 651 g/mol. The second-order valence-corrected chi connectivity index (χ2v) is 15.1. The summed E-state index contributed by atoms with van der Waals surface area (Å²) in [7, 11) is 2.16. The molecular formula is C47H39N5O. The van der Waals surface area contributed by atoms with Gasteiger partial charge in [0, 0.05) is 63.8 Å². The number of pyridine rings is 1. The normalized spacial score (nSPS) is 13.1. The number of benzene rings is 6. The van der Waals surface area contributed by atoms with E-state index in [1.54, 1.807) is 0 Å². The van der Waals surface area contributed by atoms with Crippen molar-refractivity contribution >= 4 is 66.4 Å². The largest absolute Gasteiger partial charge is 0.457 e. The predicted molar refractivity (Wildman–Crippen MR) is 220 cm³/mol. The number of hydrogen-bond donors (Lipinski definition) is 0. The lowest BCUT2D eigenvalue weighted by Crippen LogP contribution is -2.23. The highest BCUT2D eigenvalue weighted by Crippen LogP contribution is 2.48. The molecule has 10 rings (SSSR count). The molecule has 4 heterocycles. The second kappa shape index (κ2) is 11.8. The third-order valence-electron chi connectivity index (χ3n) is 10.8. The molecule has 0 bridgehead atoms. The van der Waals surface area contributed by atoms with E-state index in [-0.39, 0.29) is 5.41 Å². The zero-order valence-corrected chi connectivity index (χ0v) is 30.3. The van der Waals surface area contributed by atoms with E-state index in [2.05, 4.69) is 186 Å². The van der Waals surface area contributed by atoms with Gasteiger partial charge in [-0.05, 0) is 83.8 Å². The molecule has 0 aliphatic carbocycles. The van der Waals surface area contributed by atoms with Crippen LogP contribution < -0.4 is 14.5 Å². The molecule has 0 radical (unpaired) electrons. The third-order valence-corrected chi connectivity index (χ3v) is 10.8. The van der Waals surface area contributed by atoms with Crippen molar-refractivity contribution in [3.8, 4) is 17.3 Å². The van der Waals surface area contributed by atoms with Crippen LogP contribution in [-0.4, -0.2) is 20.8 Å². The van der Waals surface area contributed by atoms with Crippen LogP contribution in [0.4, 0.5) is 22.7 Å². The fourth-order valence-electron chi connectivity index (χ4n) is 8.08. The Morgan fingerprint density at radius 3 is 2.00 bits per heavy atom. The second-order valence-electron chi connectivity index (χ2n) is 15.1. The van der Waals surface area contributed by atoms with Crippen LogP contribution in [0.5, 0.6) is 11.5 Å². The smallest absolute Gasteiger partial charge is 0.137 e. The van der Waals surface area contributed by atoms with Crippen LogP contribution in [0.1, 0.15) is 26.3 Å². The van der Waals surface area contributed by atoms with Gasteiger partial charge in [-0.3, -0.25) is 4.57 Å². The molecule has 3 aromatic heterocycles. The van der Waals surface area contributed by atoms with Gasteiger partial charge in [-0.2, -0.15) is 0 Å². The van der Waals surface area contributed by atoms with E-state index in [1.807, 2.05) is 12.3 Å². The maximum Gasteiger partial charge on any atom is 0.137 e. The average Bonchev–Trinajstić information content (AvgIpc) is 3.81. The summed E-state index contributed by atoms with van der Waals surface area (Å²) in [5, 5.41) is 4.87. The number of rotatable bonds is 5. The molecule has 1 aliphatic rings. The molecule has 0 saturated carbocycles. The van der Waals surface area contributed by atoms with Crippen LogP contribution in [0.2, 0.25) is 0 Å². The molecule has 258 valence electrons. The number of para-hydroxylation sites is 3. The fraction of sp³-hybridized carbons (Fsp3) is 0.128. The summed E-state index contributed by atoms with van der Waals surface area (Å²) in [5.41, 5.74) is 10.5. The summed E-state index contributed by atoms with van der Waals surface area (Å²) in [5.74, 6) is 2.46. The van der Waals surface area contributed by atoms with E-state index in [4.69, 9.17) is 9.72 Å². The van der Waals surface area contributed by atoms with E-state index < -0.39 is 0 Å². The third kappa shape index (κ3) is 5.05. The molecule has 6 heteroatoms. The molecule has 1 aliphatic heterocycles. The van der Waals surface area contributed by atoms with E-state index in [9.17, 15) is 0 Å². The summed E-state index contributed by atoms with van der Waals surface area (Å²) in [6.07, 6.45) is 1.92.